The van der Waals surface area contributed by atoms with Crippen molar-refractivity contribution in [3.8, 4) is 0 Å². The molecule has 2 aliphatic heterocycles. The van der Waals surface area contributed by atoms with E-state index in [1.165, 1.54) is 12.0 Å². The van der Waals surface area contributed by atoms with Gasteiger partial charge in [0.2, 0.25) is 5.91 Å². The molecule has 3 rings (SSSR count). The van der Waals surface area contributed by atoms with Crippen molar-refractivity contribution in [1.29, 1.82) is 0 Å². The van der Waals surface area contributed by atoms with Crippen LogP contribution < -0.4 is 0 Å². The summed E-state index contributed by atoms with van der Waals surface area (Å²) < 4.78 is 10.0. The minimum atomic E-state index is -1.41. The number of likely N-dealkylation sites (tertiary alicyclic amines) is 1. The van der Waals surface area contributed by atoms with E-state index in [4.69, 9.17) is 9.47 Å². The summed E-state index contributed by atoms with van der Waals surface area (Å²) in [6.07, 6.45) is 6.17. The third-order valence-electron chi connectivity index (χ3n) is 5.26. The van der Waals surface area contributed by atoms with Crippen LogP contribution in [0.1, 0.15) is 20.8 Å². The van der Waals surface area contributed by atoms with Crippen molar-refractivity contribution in [3.05, 3.63) is 35.7 Å². The normalized spacial score (nSPS) is 29.8. The van der Waals surface area contributed by atoms with Gasteiger partial charge in [-0.05, 0) is 31.9 Å². The van der Waals surface area contributed by atoms with Crippen molar-refractivity contribution in [2.45, 2.75) is 20.8 Å². The number of hydrogen-bond donors (Lipinski definition) is 0. The molecular weight excluding hydrogens is 324 g/mol. The molecule has 0 saturated carbocycles. The molecule has 1 saturated heterocycles. The van der Waals surface area contributed by atoms with Gasteiger partial charge in [0, 0.05) is 25.5 Å². The highest BCUT2D eigenvalue weighted by Gasteiger charge is 2.71. The first-order chi connectivity index (χ1) is 11.9. The average molecular weight is 346 g/mol. The molecule has 0 aromatic rings. The summed E-state index contributed by atoms with van der Waals surface area (Å²) >= 11 is 0. The molecule has 7 nitrogen and oxygen atoms in total. The molecule has 25 heavy (non-hydrogen) atoms. The molecule has 0 aromatic heterocycles. The Balaban J connectivity index is 2.14. The van der Waals surface area contributed by atoms with Gasteiger partial charge in [-0.15, -0.1) is 0 Å². The zero-order chi connectivity index (χ0) is 18.4. The van der Waals surface area contributed by atoms with Crippen molar-refractivity contribution in [3.63, 3.8) is 0 Å². The average Bonchev–Trinajstić information content (AvgIpc) is 3.00. The molecule has 0 bridgehead atoms. The molecular formula is C18H22N2O5. The van der Waals surface area contributed by atoms with Crippen LogP contribution in [0.15, 0.2) is 35.7 Å². The minimum absolute atomic E-state index is 0.264. The van der Waals surface area contributed by atoms with Crippen molar-refractivity contribution in [2.75, 3.05) is 26.8 Å². The maximum absolute atomic E-state index is 13.1. The number of nitrogens with zero attached hydrogens (tertiary/aromatic N) is 2. The molecule has 7 heteroatoms. The van der Waals surface area contributed by atoms with E-state index in [-0.39, 0.29) is 12.5 Å². The summed E-state index contributed by atoms with van der Waals surface area (Å²) in [7, 11) is 1.29. The monoisotopic (exact) mass is 346 g/mol. The molecule has 0 N–H and O–H groups in total. The van der Waals surface area contributed by atoms with E-state index in [1.54, 1.807) is 36.4 Å². The number of amides is 2. The fourth-order valence-corrected chi connectivity index (χ4v) is 4.12. The second-order valence-electron chi connectivity index (χ2n) is 6.38. The van der Waals surface area contributed by atoms with Gasteiger partial charge >= 0.3 is 12.1 Å². The van der Waals surface area contributed by atoms with Crippen molar-refractivity contribution >= 4 is 18.0 Å². The molecule has 2 unspecified atom stereocenters. The molecule has 2 amide bonds. The van der Waals surface area contributed by atoms with Gasteiger partial charge in [-0.3, -0.25) is 14.5 Å². The molecule has 2 atom stereocenters. The van der Waals surface area contributed by atoms with Gasteiger partial charge in [-0.1, -0.05) is 12.2 Å². The Bertz CT molecular complexity index is 738. The van der Waals surface area contributed by atoms with E-state index in [1.807, 2.05) is 13.8 Å². The maximum Gasteiger partial charge on any atom is 0.417 e. The summed E-state index contributed by atoms with van der Waals surface area (Å²) in [5, 5.41) is 0. The first-order valence-corrected chi connectivity index (χ1v) is 8.32. The Kier molecular flexibility index (Phi) is 3.97. The number of rotatable bonds is 3. The maximum atomic E-state index is 13.1. The summed E-state index contributed by atoms with van der Waals surface area (Å²) in [6, 6.07) is 0. The van der Waals surface area contributed by atoms with Crippen molar-refractivity contribution in [2.24, 2.45) is 10.8 Å². The van der Waals surface area contributed by atoms with Gasteiger partial charge in [-0.25, -0.2) is 4.79 Å². The van der Waals surface area contributed by atoms with Crippen LogP contribution in [0.4, 0.5) is 4.79 Å². The number of carbonyl (C=O) groups excluding carboxylic acids is 3. The van der Waals surface area contributed by atoms with E-state index >= 15 is 0 Å². The zero-order valence-corrected chi connectivity index (χ0v) is 14.9. The van der Waals surface area contributed by atoms with Crippen LogP contribution in [0, 0.1) is 10.8 Å². The van der Waals surface area contributed by atoms with E-state index < -0.39 is 22.9 Å². The van der Waals surface area contributed by atoms with Crippen LogP contribution >= 0.6 is 0 Å². The Morgan fingerprint density at radius 2 is 2.04 bits per heavy atom. The fourth-order valence-electron chi connectivity index (χ4n) is 4.12. The van der Waals surface area contributed by atoms with Crippen LogP contribution in [0.3, 0.4) is 0 Å². The van der Waals surface area contributed by atoms with Gasteiger partial charge in [0.1, 0.15) is 0 Å². The van der Waals surface area contributed by atoms with Crippen LogP contribution in [0.5, 0.6) is 0 Å². The first-order valence-electron chi connectivity index (χ1n) is 8.32. The molecule has 3 aliphatic rings. The van der Waals surface area contributed by atoms with Crippen LogP contribution in [0.2, 0.25) is 0 Å². The third kappa shape index (κ3) is 2.01. The number of hydrogen-bond acceptors (Lipinski definition) is 5. The zero-order valence-electron chi connectivity index (χ0n) is 14.9. The van der Waals surface area contributed by atoms with Crippen LogP contribution in [-0.2, 0) is 19.1 Å². The molecule has 1 aliphatic carbocycles. The third-order valence-corrected chi connectivity index (χ3v) is 5.26. The Hall–Kier alpha value is -2.57. The van der Waals surface area contributed by atoms with Gasteiger partial charge in [0.25, 0.3) is 0 Å². The highest BCUT2D eigenvalue weighted by atomic mass is 16.6. The van der Waals surface area contributed by atoms with E-state index in [2.05, 4.69) is 0 Å². The molecule has 134 valence electrons. The van der Waals surface area contributed by atoms with Crippen LogP contribution in [-0.4, -0.2) is 54.6 Å². The summed E-state index contributed by atoms with van der Waals surface area (Å²) in [6.45, 7) is 6.57. The Morgan fingerprint density at radius 3 is 2.64 bits per heavy atom. The van der Waals surface area contributed by atoms with E-state index in [9.17, 15) is 14.4 Å². The number of esters is 1. The number of carbonyl (C=O) groups is 3. The minimum Gasteiger partial charge on any atom is -0.468 e. The van der Waals surface area contributed by atoms with Gasteiger partial charge < -0.3 is 14.4 Å². The Morgan fingerprint density at radius 1 is 1.32 bits per heavy atom. The lowest BCUT2D eigenvalue weighted by atomic mass is 9.64. The molecule has 1 spiro atoms. The first kappa shape index (κ1) is 17.3. The smallest absolute Gasteiger partial charge is 0.417 e. The lowest BCUT2D eigenvalue weighted by molar-refractivity contribution is -0.158. The van der Waals surface area contributed by atoms with Gasteiger partial charge in [0.15, 0.2) is 5.41 Å². The second kappa shape index (κ2) is 5.75. The van der Waals surface area contributed by atoms with Gasteiger partial charge in [0.05, 0.1) is 19.1 Å². The van der Waals surface area contributed by atoms with Gasteiger partial charge in [-0.2, -0.15) is 0 Å². The SMILES string of the molecule is CCOC(=O)N1C=CC23CN(CC)C(=O)C2(C(=O)OC)C=C(C)C3=C1. The fraction of sp³-hybridized carbons (Fsp3) is 0.500. The van der Waals surface area contributed by atoms with E-state index in [0.717, 1.165) is 11.1 Å². The predicted octanol–water partition coefficient (Wildman–Crippen LogP) is 1.82. The predicted molar refractivity (Wildman–Crippen MR) is 89.0 cm³/mol. The quantitative estimate of drug-likeness (QED) is 0.575. The number of methoxy groups -OCH3 is 1. The number of ether oxygens (including phenoxy) is 2. The Labute approximate surface area is 146 Å². The van der Waals surface area contributed by atoms with Crippen molar-refractivity contribution < 1.29 is 23.9 Å². The lowest BCUT2D eigenvalue weighted by Crippen LogP contribution is -2.47. The molecule has 0 radical (unpaired) electrons. The largest absolute Gasteiger partial charge is 0.468 e. The van der Waals surface area contributed by atoms with Crippen molar-refractivity contribution in [1.82, 2.24) is 9.80 Å². The topological polar surface area (TPSA) is 76.2 Å². The highest BCUT2D eigenvalue weighted by Crippen LogP contribution is 2.62. The number of allylic oxidation sites excluding steroid dienone is 1. The standard InChI is InChI=1S/C18H22N2O5/c1-5-19-11-17-7-8-20(16(23)25-6-2)10-13(17)12(3)9-18(17,14(19)21)15(22)24-4/h7-10H,5-6,11H2,1-4H3. The molecule has 1 fully saturated rings. The summed E-state index contributed by atoms with van der Waals surface area (Å²) in [4.78, 5) is 40.8. The lowest BCUT2D eigenvalue weighted by Gasteiger charge is -2.37. The second-order valence-corrected chi connectivity index (χ2v) is 6.38. The molecule has 0 aromatic carbocycles. The summed E-state index contributed by atoms with van der Waals surface area (Å²) in [5.41, 5.74) is -0.725. The van der Waals surface area contributed by atoms with E-state index in [0.29, 0.717) is 13.1 Å². The molecule has 2 heterocycles. The van der Waals surface area contributed by atoms with Crippen LogP contribution in [0.25, 0.3) is 0 Å². The summed E-state index contributed by atoms with van der Waals surface area (Å²) in [5.74, 6) is -0.843. The highest BCUT2D eigenvalue weighted by molar-refractivity contribution is 6.10.